The molecular formula is C10H9ClN4O3. The maximum absolute atomic E-state index is 10.8. The molecule has 0 aliphatic rings. The number of nitrogens with zero attached hydrogens (tertiary/aromatic N) is 3. The second kappa shape index (κ2) is 5.46. The van der Waals surface area contributed by atoms with Crippen molar-refractivity contribution in [2.24, 2.45) is 0 Å². The monoisotopic (exact) mass is 268 g/mol. The first kappa shape index (κ1) is 12.3. The third kappa shape index (κ3) is 2.95. The van der Waals surface area contributed by atoms with Gasteiger partial charge in [0.15, 0.2) is 12.0 Å². The lowest BCUT2D eigenvalue weighted by atomic mass is 10.3. The maximum Gasteiger partial charge on any atom is 0.356 e. The number of carbonyl (C=O) groups is 1. The zero-order valence-corrected chi connectivity index (χ0v) is 9.89. The molecular weight excluding hydrogens is 260 g/mol. The molecule has 0 aliphatic heterocycles. The van der Waals surface area contributed by atoms with E-state index < -0.39 is 5.97 Å². The second-order valence-corrected chi connectivity index (χ2v) is 3.75. The Morgan fingerprint density at radius 3 is 3.00 bits per heavy atom. The molecule has 0 amide bonds. The summed E-state index contributed by atoms with van der Waals surface area (Å²) in [5.74, 6) is -0.244. The first-order chi connectivity index (χ1) is 8.66. The summed E-state index contributed by atoms with van der Waals surface area (Å²) in [6.45, 7) is 0.496. The summed E-state index contributed by atoms with van der Waals surface area (Å²) in [4.78, 5) is 18.6. The smallest absolute Gasteiger partial charge is 0.356 e. The SMILES string of the molecule is O=C(O)c1nc(NCCc2ncno2)ccc1Cl. The second-order valence-electron chi connectivity index (χ2n) is 3.34. The Morgan fingerprint density at radius 2 is 2.33 bits per heavy atom. The minimum atomic E-state index is -1.17. The summed E-state index contributed by atoms with van der Waals surface area (Å²) in [5.41, 5.74) is -0.181. The van der Waals surface area contributed by atoms with Gasteiger partial charge in [0.2, 0.25) is 5.89 Å². The van der Waals surface area contributed by atoms with E-state index in [2.05, 4.69) is 20.4 Å². The molecule has 0 saturated heterocycles. The maximum atomic E-state index is 10.8. The van der Waals surface area contributed by atoms with E-state index in [-0.39, 0.29) is 10.7 Å². The van der Waals surface area contributed by atoms with Crippen molar-refractivity contribution in [1.82, 2.24) is 15.1 Å². The lowest BCUT2D eigenvalue weighted by Gasteiger charge is -2.05. The van der Waals surface area contributed by atoms with Crippen LogP contribution >= 0.6 is 11.6 Å². The average molecular weight is 269 g/mol. The predicted octanol–water partition coefficient (Wildman–Crippen LogP) is 1.47. The Bertz CT molecular complexity index is 544. The van der Waals surface area contributed by atoms with Crippen molar-refractivity contribution in [2.75, 3.05) is 11.9 Å². The minimum absolute atomic E-state index is 0.102. The molecule has 0 fully saturated rings. The van der Waals surface area contributed by atoms with Gasteiger partial charge in [-0.25, -0.2) is 9.78 Å². The van der Waals surface area contributed by atoms with Crippen LogP contribution in [0.5, 0.6) is 0 Å². The van der Waals surface area contributed by atoms with Crippen molar-refractivity contribution in [1.29, 1.82) is 0 Å². The molecule has 0 saturated carbocycles. The van der Waals surface area contributed by atoms with E-state index in [1.165, 1.54) is 12.4 Å². The van der Waals surface area contributed by atoms with Crippen LogP contribution in [0, 0.1) is 0 Å². The minimum Gasteiger partial charge on any atom is -0.476 e. The number of hydrogen-bond donors (Lipinski definition) is 2. The molecule has 8 heteroatoms. The molecule has 0 atom stereocenters. The summed E-state index contributed by atoms with van der Waals surface area (Å²) in [5, 5.41) is 15.4. The Morgan fingerprint density at radius 1 is 1.50 bits per heavy atom. The Labute approximate surface area is 107 Å². The van der Waals surface area contributed by atoms with Gasteiger partial charge < -0.3 is 14.9 Å². The molecule has 0 unspecified atom stereocenters. The molecule has 0 aromatic carbocycles. The molecule has 2 heterocycles. The van der Waals surface area contributed by atoms with Gasteiger partial charge in [0.05, 0.1) is 5.02 Å². The predicted molar refractivity (Wildman–Crippen MR) is 62.7 cm³/mol. The first-order valence-corrected chi connectivity index (χ1v) is 5.44. The largest absolute Gasteiger partial charge is 0.476 e. The van der Waals surface area contributed by atoms with Crippen LogP contribution in [0.3, 0.4) is 0 Å². The lowest BCUT2D eigenvalue weighted by Crippen LogP contribution is -2.09. The molecule has 18 heavy (non-hydrogen) atoms. The van der Waals surface area contributed by atoms with Gasteiger partial charge in [0, 0.05) is 13.0 Å². The molecule has 2 N–H and O–H groups in total. The molecule has 2 aromatic heterocycles. The molecule has 7 nitrogen and oxygen atoms in total. The number of aromatic carboxylic acids is 1. The van der Waals surface area contributed by atoms with Crippen LogP contribution in [0.15, 0.2) is 23.0 Å². The molecule has 0 spiro atoms. The van der Waals surface area contributed by atoms with Crippen LogP contribution in [0.2, 0.25) is 5.02 Å². The van der Waals surface area contributed by atoms with Crippen molar-refractivity contribution in [3.05, 3.63) is 35.1 Å². The number of rotatable bonds is 5. The fourth-order valence-corrected chi connectivity index (χ4v) is 1.48. The number of nitrogens with one attached hydrogen (secondary N) is 1. The summed E-state index contributed by atoms with van der Waals surface area (Å²) < 4.78 is 4.82. The average Bonchev–Trinajstić information content (AvgIpc) is 2.84. The number of carboxylic acid groups (broad SMARTS) is 1. The van der Waals surface area contributed by atoms with E-state index in [1.807, 2.05) is 0 Å². The highest BCUT2D eigenvalue weighted by Gasteiger charge is 2.11. The van der Waals surface area contributed by atoms with E-state index in [4.69, 9.17) is 21.2 Å². The topological polar surface area (TPSA) is 101 Å². The van der Waals surface area contributed by atoms with Crippen LogP contribution in [-0.2, 0) is 6.42 Å². The number of anilines is 1. The third-order valence-corrected chi connectivity index (χ3v) is 2.41. The number of hydrogen-bond acceptors (Lipinski definition) is 6. The highest BCUT2D eigenvalue weighted by molar-refractivity contribution is 6.33. The zero-order valence-electron chi connectivity index (χ0n) is 9.13. The van der Waals surface area contributed by atoms with Crippen molar-refractivity contribution in [3.8, 4) is 0 Å². The third-order valence-electron chi connectivity index (χ3n) is 2.10. The summed E-state index contributed by atoms with van der Waals surface area (Å²) in [6, 6.07) is 3.08. The van der Waals surface area contributed by atoms with Gasteiger partial charge in [0.25, 0.3) is 0 Å². The highest BCUT2D eigenvalue weighted by Crippen LogP contribution is 2.16. The van der Waals surface area contributed by atoms with E-state index in [1.54, 1.807) is 6.07 Å². The van der Waals surface area contributed by atoms with Gasteiger partial charge in [0.1, 0.15) is 5.82 Å². The van der Waals surface area contributed by atoms with Crippen LogP contribution in [0.25, 0.3) is 0 Å². The van der Waals surface area contributed by atoms with E-state index in [0.717, 1.165) is 0 Å². The van der Waals surface area contributed by atoms with E-state index in [9.17, 15) is 4.79 Å². The number of pyridine rings is 1. The lowest BCUT2D eigenvalue weighted by molar-refractivity contribution is 0.0691. The summed E-state index contributed by atoms with van der Waals surface area (Å²) in [7, 11) is 0. The summed E-state index contributed by atoms with van der Waals surface area (Å²) in [6.07, 6.45) is 1.84. The van der Waals surface area contributed by atoms with Crippen molar-refractivity contribution in [2.45, 2.75) is 6.42 Å². The van der Waals surface area contributed by atoms with Gasteiger partial charge in [-0.2, -0.15) is 4.98 Å². The van der Waals surface area contributed by atoms with Gasteiger partial charge in [-0.1, -0.05) is 16.8 Å². The molecule has 0 bridgehead atoms. The first-order valence-electron chi connectivity index (χ1n) is 5.06. The van der Waals surface area contributed by atoms with Crippen molar-refractivity contribution < 1.29 is 14.4 Å². The van der Waals surface area contributed by atoms with E-state index >= 15 is 0 Å². The van der Waals surface area contributed by atoms with Crippen LogP contribution in [-0.4, -0.2) is 32.7 Å². The zero-order chi connectivity index (χ0) is 13.0. The fraction of sp³-hybridized carbons (Fsp3) is 0.200. The van der Waals surface area contributed by atoms with Crippen molar-refractivity contribution >= 4 is 23.4 Å². The molecule has 2 aromatic rings. The number of carboxylic acids is 1. The van der Waals surface area contributed by atoms with Crippen molar-refractivity contribution in [3.63, 3.8) is 0 Å². The normalized spacial score (nSPS) is 10.3. The van der Waals surface area contributed by atoms with Crippen LogP contribution < -0.4 is 5.32 Å². The number of aromatic nitrogens is 3. The Kier molecular flexibility index (Phi) is 3.73. The Balaban J connectivity index is 1.97. The molecule has 94 valence electrons. The van der Waals surface area contributed by atoms with E-state index in [0.29, 0.717) is 24.7 Å². The fourth-order valence-electron chi connectivity index (χ4n) is 1.29. The van der Waals surface area contributed by atoms with Crippen LogP contribution in [0.4, 0.5) is 5.82 Å². The Hall–Kier alpha value is -2.15. The van der Waals surface area contributed by atoms with Gasteiger partial charge >= 0.3 is 5.97 Å². The standard InChI is InChI=1S/C10H9ClN4O3/c11-6-1-2-7(15-9(6)10(16)17)12-4-3-8-13-5-14-18-8/h1-2,5H,3-4H2,(H,12,15)(H,16,17). The molecule has 0 aliphatic carbocycles. The van der Waals surface area contributed by atoms with Gasteiger partial charge in [-0.05, 0) is 12.1 Å². The number of halogens is 1. The molecule has 2 rings (SSSR count). The van der Waals surface area contributed by atoms with Gasteiger partial charge in [-0.3, -0.25) is 0 Å². The van der Waals surface area contributed by atoms with Gasteiger partial charge in [-0.15, -0.1) is 0 Å². The van der Waals surface area contributed by atoms with Crippen LogP contribution in [0.1, 0.15) is 16.4 Å². The molecule has 0 radical (unpaired) electrons. The highest BCUT2D eigenvalue weighted by atomic mass is 35.5. The quantitative estimate of drug-likeness (QED) is 0.846. The summed E-state index contributed by atoms with van der Waals surface area (Å²) >= 11 is 5.70.